The summed E-state index contributed by atoms with van der Waals surface area (Å²) >= 11 is 0. The third-order valence-corrected chi connectivity index (χ3v) is 7.17. The molecule has 2 aliphatic rings. The van der Waals surface area contributed by atoms with Crippen LogP contribution in [0, 0.1) is 0 Å². The first kappa shape index (κ1) is 25.6. The fourth-order valence-electron chi connectivity index (χ4n) is 5.02. The lowest BCUT2D eigenvalue weighted by atomic mass is 9.89. The van der Waals surface area contributed by atoms with E-state index in [-0.39, 0.29) is 18.6 Å². The summed E-state index contributed by atoms with van der Waals surface area (Å²) < 4.78 is 11.8. The zero-order chi connectivity index (χ0) is 24.7. The molecule has 190 valence electrons. The summed E-state index contributed by atoms with van der Waals surface area (Å²) in [7, 11) is 0. The Kier molecular flexibility index (Phi) is 8.76. The van der Waals surface area contributed by atoms with Gasteiger partial charge in [-0.05, 0) is 54.0 Å². The molecule has 2 fully saturated rings. The summed E-state index contributed by atoms with van der Waals surface area (Å²) in [5, 5.41) is 8.70. The molecule has 1 aromatic heterocycles. The van der Waals surface area contributed by atoms with E-state index >= 15 is 0 Å². The number of piperidine rings is 1. The Morgan fingerprint density at radius 1 is 1.14 bits per heavy atom. The maximum Gasteiger partial charge on any atom is 0.305 e. The van der Waals surface area contributed by atoms with E-state index in [0.29, 0.717) is 12.5 Å². The molecule has 2 aromatic rings. The number of hydrogen-bond acceptors (Lipinski definition) is 6. The molecule has 2 aliphatic heterocycles. The number of carbonyl (C=O) groups is 1. The van der Waals surface area contributed by atoms with Crippen molar-refractivity contribution in [1.82, 2.24) is 9.88 Å². The molecule has 4 rings (SSSR count). The topological polar surface area (TPSA) is 75.1 Å². The molecule has 35 heavy (non-hydrogen) atoms. The maximum absolute atomic E-state index is 10.6. The largest absolute Gasteiger partial charge is 0.481 e. The maximum atomic E-state index is 10.6. The molecular weight excluding hydrogens is 442 g/mol. The van der Waals surface area contributed by atoms with Crippen LogP contribution in [0.2, 0.25) is 0 Å². The van der Waals surface area contributed by atoms with E-state index < -0.39 is 5.97 Å². The molecule has 2 saturated heterocycles. The normalized spacial score (nSPS) is 18.3. The van der Waals surface area contributed by atoms with Crippen LogP contribution in [0.3, 0.4) is 0 Å². The van der Waals surface area contributed by atoms with Crippen LogP contribution in [0.4, 0.5) is 5.82 Å². The number of morpholine rings is 1. The minimum absolute atomic E-state index is 0.0544. The zero-order valence-corrected chi connectivity index (χ0v) is 21.1. The molecular formula is C28H39N3O4. The van der Waals surface area contributed by atoms with Gasteiger partial charge in [0.15, 0.2) is 0 Å². The lowest BCUT2D eigenvalue weighted by Gasteiger charge is -2.47. The van der Waals surface area contributed by atoms with Crippen molar-refractivity contribution in [2.75, 3.05) is 50.9 Å². The van der Waals surface area contributed by atoms with E-state index in [9.17, 15) is 4.79 Å². The van der Waals surface area contributed by atoms with Crippen molar-refractivity contribution in [3.8, 4) is 0 Å². The number of aliphatic carboxylic acids is 1. The van der Waals surface area contributed by atoms with Crippen molar-refractivity contribution in [2.45, 2.75) is 57.6 Å². The van der Waals surface area contributed by atoms with E-state index in [4.69, 9.17) is 14.6 Å². The molecule has 0 aliphatic carbocycles. The highest BCUT2D eigenvalue weighted by Crippen LogP contribution is 2.33. The first-order valence-corrected chi connectivity index (χ1v) is 12.9. The number of likely N-dealkylation sites (tertiary alicyclic amines) is 1. The highest BCUT2D eigenvalue weighted by Gasteiger charge is 2.40. The van der Waals surface area contributed by atoms with Gasteiger partial charge in [0.1, 0.15) is 5.82 Å². The number of ether oxygens (including phenoxy) is 2. The van der Waals surface area contributed by atoms with Gasteiger partial charge in [-0.3, -0.25) is 9.69 Å². The summed E-state index contributed by atoms with van der Waals surface area (Å²) in [6.07, 6.45) is 4.85. The number of carboxylic acids is 1. The molecule has 0 unspecified atom stereocenters. The van der Waals surface area contributed by atoms with Crippen molar-refractivity contribution in [2.24, 2.45) is 0 Å². The lowest BCUT2D eigenvalue weighted by Crippen LogP contribution is -2.57. The van der Waals surface area contributed by atoms with E-state index in [1.807, 2.05) is 6.20 Å². The van der Waals surface area contributed by atoms with Crippen molar-refractivity contribution in [3.63, 3.8) is 0 Å². The van der Waals surface area contributed by atoms with Gasteiger partial charge in [-0.1, -0.05) is 38.1 Å². The lowest BCUT2D eigenvalue weighted by molar-refractivity contribution is -0.138. The van der Waals surface area contributed by atoms with Crippen molar-refractivity contribution in [1.29, 1.82) is 0 Å². The molecule has 3 heterocycles. The van der Waals surface area contributed by atoms with Crippen molar-refractivity contribution >= 4 is 11.8 Å². The first-order chi connectivity index (χ1) is 16.9. The third-order valence-electron chi connectivity index (χ3n) is 7.17. The molecule has 7 nitrogen and oxygen atoms in total. The summed E-state index contributed by atoms with van der Waals surface area (Å²) in [5.41, 5.74) is 3.79. The number of rotatable bonds is 10. The fourth-order valence-corrected chi connectivity index (χ4v) is 5.02. The number of aromatic nitrogens is 1. The summed E-state index contributed by atoms with van der Waals surface area (Å²) in [5.74, 6) is 0.752. The van der Waals surface area contributed by atoms with E-state index in [1.165, 1.54) is 16.7 Å². The van der Waals surface area contributed by atoms with Gasteiger partial charge < -0.3 is 19.5 Å². The van der Waals surface area contributed by atoms with Crippen LogP contribution >= 0.6 is 0 Å². The monoisotopic (exact) mass is 481 g/mol. The second-order valence-electron chi connectivity index (χ2n) is 10.2. The predicted molar refractivity (Wildman–Crippen MR) is 137 cm³/mol. The van der Waals surface area contributed by atoms with Gasteiger partial charge in [-0.2, -0.15) is 0 Å². The third kappa shape index (κ3) is 7.26. The second kappa shape index (κ2) is 12.0. The van der Waals surface area contributed by atoms with Crippen LogP contribution in [-0.4, -0.2) is 72.6 Å². The quantitative estimate of drug-likeness (QED) is 0.512. The number of hydrogen-bond donors (Lipinski definition) is 1. The highest BCUT2D eigenvalue weighted by atomic mass is 16.5. The van der Waals surface area contributed by atoms with Crippen LogP contribution in [0.15, 0.2) is 42.6 Å². The van der Waals surface area contributed by atoms with Gasteiger partial charge >= 0.3 is 5.97 Å². The molecule has 1 aromatic carbocycles. The fraction of sp³-hybridized carbons (Fsp3) is 0.571. The smallest absolute Gasteiger partial charge is 0.305 e. The SMILES string of the molecule is CC(C)c1ccnc(N2CCOC3(CCN(Cc4cccc(CCOCCC(=O)O)c4)CC3)C2)c1. The van der Waals surface area contributed by atoms with E-state index in [0.717, 1.165) is 64.4 Å². The zero-order valence-electron chi connectivity index (χ0n) is 21.1. The van der Waals surface area contributed by atoms with Crippen LogP contribution in [-0.2, 0) is 27.2 Å². The molecule has 7 heteroatoms. The molecule has 0 radical (unpaired) electrons. The number of nitrogens with zero attached hydrogens (tertiary/aromatic N) is 3. The van der Waals surface area contributed by atoms with Gasteiger partial charge in [0, 0.05) is 38.9 Å². The molecule has 0 bridgehead atoms. The molecule has 0 amide bonds. The molecule has 1 N–H and O–H groups in total. The van der Waals surface area contributed by atoms with Gasteiger partial charge in [0.05, 0.1) is 31.8 Å². The summed E-state index contributed by atoms with van der Waals surface area (Å²) in [6.45, 7) is 10.8. The number of benzene rings is 1. The van der Waals surface area contributed by atoms with Crippen LogP contribution < -0.4 is 4.90 Å². The van der Waals surface area contributed by atoms with Crippen molar-refractivity contribution < 1.29 is 19.4 Å². The molecule has 0 atom stereocenters. The summed E-state index contributed by atoms with van der Waals surface area (Å²) in [6, 6.07) is 13.0. The van der Waals surface area contributed by atoms with Crippen molar-refractivity contribution in [3.05, 3.63) is 59.3 Å². The van der Waals surface area contributed by atoms with Gasteiger partial charge in [0.25, 0.3) is 0 Å². The average molecular weight is 482 g/mol. The highest BCUT2D eigenvalue weighted by molar-refractivity contribution is 5.66. The Morgan fingerprint density at radius 2 is 1.94 bits per heavy atom. The molecule has 1 spiro atoms. The van der Waals surface area contributed by atoms with Gasteiger partial charge in [0.2, 0.25) is 0 Å². The Balaban J connectivity index is 1.27. The Hall–Kier alpha value is -2.48. The van der Waals surface area contributed by atoms with Crippen LogP contribution in [0.5, 0.6) is 0 Å². The Labute approximate surface area is 209 Å². The van der Waals surface area contributed by atoms with Gasteiger partial charge in [-0.15, -0.1) is 0 Å². The number of pyridine rings is 1. The average Bonchev–Trinajstić information content (AvgIpc) is 2.86. The Morgan fingerprint density at radius 3 is 2.71 bits per heavy atom. The number of carboxylic acid groups (broad SMARTS) is 1. The minimum Gasteiger partial charge on any atom is -0.481 e. The Bertz CT molecular complexity index is 972. The first-order valence-electron chi connectivity index (χ1n) is 12.9. The summed E-state index contributed by atoms with van der Waals surface area (Å²) in [4.78, 5) is 20.2. The van der Waals surface area contributed by atoms with E-state index in [2.05, 4.69) is 65.0 Å². The predicted octanol–water partition coefficient (Wildman–Crippen LogP) is 4.11. The van der Waals surface area contributed by atoms with Crippen LogP contribution in [0.25, 0.3) is 0 Å². The van der Waals surface area contributed by atoms with Gasteiger partial charge in [-0.25, -0.2) is 4.98 Å². The number of anilines is 1. The van der Waals surface area contributed by atoms with E-state index in [1.54, 1.807) is 0 Å². The standard InChI is InChI=1S/C28H39N3O4/c1-22(2)25-6-11-29-26(19-25)31-14-17-35-28(21-31)9-12-30(13-10-28)20-24-5-3-4-23(18-24)7-15-34-16-8-27(32)33/h3-6,11,18-19,22H,7-10,12-17,20-21H2,1-2H3,(H,32,33). The molecule has 0 saturated carbocycles. The second-order valence-corrected chi connectivity index (χ2v) is 10.2. The van der Waals surface area contributed by atoms with Crippen LogP contribution in [0.1, 0.15) is 55.7 Å². The minimum atomic E-state index is -0.821.